The van der Waals surface area contributed by atoms with Gasteiger partial charge in [0.25, 0.3) is 11.4 Å². The molecule has 0 radical (unpaired) electrons. The first-order valence-corrected chi connectivity index (χ1v) is 11.5. The van der Waals surface area contributed by atoms with E-state index in [-0.39, 0.29) is 33.4 Å². The van der Waals surface area contributed by atoms with Crippen molar-refractivity contribution >= 4 is 17.4 Å². The number of aromatic nitrogens is 4. The second-order valence-corrected chi connectivity index (χ2v) is 7.99. The van der Waals surface area contributed by atoms with Gasteiger partial charge in [-0.2, -0.15) is 18.2 Å². The van der Waals surface area contributed by atoms with Crippen LogP contribution in [0.25, 0.3) is 5.82 Å². The van der Waals surface area contributed by atoms with Gasteiger partial charge in [0.05, 0.1) is 0 Å². The van der Waals surface area contributed by atoms with Gasteiger partial charge in [-0.3, -0.25) is 14.2 Å². The third kappa shape index (κ3) is 6.19. The van der Waals surface area contributed by atoms with E-state index in [4.69, 9.17) is 25.8 Å². The largest absolute Gasteiger partial charge is 0.464 e. The molecule has 0 N–H and O–H groups in total. The number of pyridine rings is 2. The quantitative estimate of drug-likeness (QED) is 0.344. The Balaban J connectivity index is 2.05. The van der Waals surface area contributed by atoms with Crippen molar-refractivity contribution in [1.82, 2.24) is 19.1 Å². The summed E-state index contributed by atoms with van der Waals surface area (Å²) in [6, 6.07) is 3.63. The summed E-state index contributed by atoms with van der Waals surface area (Å²) in [4.78, 5) is 45.2. The van der Waals surface area contributed by atoms with Crippen LogP contribution >= 0.6 is 11.6 Å². The maximum atomic E-state index is 14.8. The molecule has 0 aliphatic carbocycles. The molecule has 1 atom stereocenters. The molecule has 38 heavy (non-hydrogen) atoms. The number of carbonyl (C=O) groups is 1. The Labute approximate surface area is 217 Å². The SMILES string of the molecule is CCOCC(=O)C(C)Oc1ncccc1Oc1nc(-n2c(=O)cc(C(F)(F)F)n(CC)c2=O)c(F)cc1Cl. The molecule has 1 unspecified atom stereocenters. The number of Topliss-reactive ketones (excluding diaryl/α,β-unsaturated/α-hetero) is 1. The molecular formula is C23H21ClF4N4O6. The Morgan fingerprint density at radius 1 is 1.18 bits per heavy atom. The van der Waals surface area contributed by atoms with Crippen LogP contribution in [0.1, 0.15) is 26.5 Å². The monoisotopic (exact) mass is 560 g/mol. The van der Waals surface area contributed by atoms with Crippen molar-refractivity contribution in [2.45, 2.75) is 39.6 Å². The van der Waals surface area contributed by atoms with Gasteiger partial charge in [0.2, 0.25) is 5.88 Å². The standard InChI is InChI=1S/C23H21ClF4N4O6/c1-4-31-17(23(26,27)28)10-18(34)32(22(31)35)19-14(25)9-13(24)20(30-19)38-16-7-6-8-29-21(16)37-12(3)15(33)11-36-5-2/h6-10,12H,4-5,11H2,1-3H3. The fourth-order valence-electron chi connectivity index (χ4n) is 3.18. The number of nitrogens with zero attached hydrogens (tertiary/aromatic N) is 4. The van der Waals surface area contributed by atoms with E-state index in [0.717, 1.165) is 0 Å². The number of alkyl halides is 3. The van der Waals surface area contributed by atoms with Gasteiger partial charge in [-0.25, -0.2) is 18.7 Å². The zero-order valence-electron chi connectivity index (χ0n) is 20.2. The van der Waals surface area contributed by atoms with Gasteiger partial charge >= 0.3 is 11.9 Å². The van der Waals surface area contributed by atoms with Crippen LogP contribution in [0, 0.1) is 5.82 Å². The maximum absolute atomic E-state index is 14.8. The minimum Gasteiger partial charge on any atom is -0.464 e. The number of carbonyl (C=O) groups excluding carboxylic acids is 1. The molecule has 0 aliphatic rings. The summed E-state index contributed by atoms with van der Waals surface area (Å²) < 4.78 is 71.4. The van der Waals surface area contributed by atoms with Crippen LogP contribution in [0.15, 0.2) is 40.1 Å². The van der Waals surface area contributed by atoms with Gasteiger partial charge in [0.1, 0.15) is 17.3 Å². The highest BCUT2D eigenvalue weighted by molar-refractivity contribution is 6.31. The fourth-order valence-corrected chi connectivity index (χ4v) is 3.36. The molecular weight excluding hydrogens is 540 g/mol. The minimum absolute atomic E-state index is 0.124. The molecule has 0 aliphatic heterocycles. The number of rotatable bonds is 10. The van der Waals surface area contributed by atoms with E-state index in [9.17, 15) is 31.9 Å². The third-order valence-electron chi connectivity index (χ3n) is 5.02. The summed E-state index contributed by atoms with van der Waals surface area (Å²) in [5, 5.41) is -0.405. The van der Waals surface area contributed by atoms with Crippen LogP contribution in [-0.2, 0) is 22.3 Å². The second kappa shape index (κ2) is 11.7. The van der Waals surface area contributed by atoms with E-state index in [1.807, 2.05) is 0 Å². The average Bonchev–Trinajstić information content (AvgIpc) is 2.85. The highest BCUT2D eigenvalue weighted by Gasteiger charge is 2.36. The highest BCUT2D eigenvalue weighted by atomic mass is 35.5. The van der Waals surface area contributed by atoms with Crippen molar-refractivity contribution in [2.24, 2.45) is 0 Å². The first-order chi connectivity index (χ1) is 17.9. The number of hydrogen-bond donors (Lipinski definition) is 0. The predicted molar refractivity (Wildman–Crippen MR) is 126 cm³/mol. The summed E-state index contributed by atoms with van der Waals surface area (Å²) in [7, 11) is 0. The second-order valence-electron chi connectivity index (χ2n) is 7.58. The molecule has 0 spiro atoms. The van der Waals surface area contributed by atoms with E-state index in [1.165, 1.54) is 32.2 Å². The normalized spacial score (nSPS) is 12.3. The van der Waals surface area contributed by atoms with Gasteiger partial charge in [-0.1, -0.05) is 11.6 Å². The summed E-state index contributed by atoms with van der Waals surface area (Å²) in [6.07, 6.45) is -4.67. The molecule has 0 saturated carbocycles. The number of ketones is 1. The first-order valence-electron chi connectivity index (χ1n) is 11.1. The number of ether oxygens (including phenoxy) is 3. The van der Waals surface area contributed by atoms with Gasteiger partial charge in [-0.05, 0) is 32.9 Å². The van der Waals surface area contributed by atoms with Gasteiger partial charge in [0.15, 0.2) is 29.3 Å². The highest BCUT2D eigenvalue weighted by Crippen LogP contribution is 2.34. The van der Waals surface area contributed by atoms with E-state index < -0.39 is 64.1 Å². The Kier molecular flexibility index (Phi) is 8.89. The summed E-state index contributed by atoms with van der Waals surface area (Å²) in [5.74, 6) is -3.43. The molecule has 0 aromatic carbocycles. The van der Waals surface area contributed by atoms with E-state index in [0.29, 0.717) is 12.7 Å². The fraction of sp³-hybridized carbons (Fsp3) is 0.348. The van der Waals surface area contributed by atoms with Gasteiger partial charge in [-0.15, -0.1) is 0 Å². The third-order valence-corrected chi connectivity index (χ3v) is 5.29. The maximum Gasteiger partial charge on any atom is 0.431 e. The Morgan fingerprint density at radius 3 is 2.53 bits per heavy atom. The van der Waals surface area contributed by atoms with Crippen LogP contribution in [0.4, 0.5) is 17.6 Å². The topological polar surface area (TPSA) is 115 Å². The Bertz CT molecular complexity index is 1460. The van der Waals surface area contributed by atoms with Crippen LogP contribution in [0.3, 0.4) is 0 Å². The van der Waals surface area contributed by atoms with E-state index in [1.54, 1.807) is 6.92 Å². The van der Waals surface area contributed by atoms with Gasteiger partial charge in [0, 0.05) is 31.5 Å². The molecule has 0 saturated heterocycles. The Morgan fingerprint density at radius 2 is 1.89 bits per heavy atom. The predicted octanol–water partition coefficient (Wildman–Crippen LogP) is 3.79. The molecule has 0 bridgehead atoms. The van der Waals surface area contributed by atoms with Crippen molar-refractivity contribution in [3.8, 4) is 23.3 Å². The summed E-state index contributed by atoms with van der Waals surface area (Å²) >= 11 is 6.05. The lowest BCUT2D eigenvalue weighted by Crippen LogP contribution is -2.42. The molecule has 204 valence electrons. The molecule has 0 amide bonds. The molecule has 3 aromatic rings. The lowest BCUT2D eigenvalue weighted by atomic mass is 10.3. The number of halogens is 5. The smallest absolute Gasteiger partial charge is 0.431 e. The molecule has 0 fully saturated rings. The van der Waals surface area contributed by atoms with Crippen LogP contribution in [0.2, 0.25) is 5.02 Å². The molecule has 3 heterocycles. The zero-order valence-corrected chi connectivity index (χ0v) is 21.0. The zero-order chi connectivity index (χ0) is 28.2. The van der Waals surface area contributed by atoms with Gasteiger partial charge < -0.3 is 14.2 Å². The van der Waals surface area contributed by atoms with Crippen LogP contribution in [0.5, 0.6) is 17.5 Å². The lowest BCUT2D eigenvalue weighted by molar-refractivity contribution is -0.144. The van der Waals surface area contributed by atoms with Crippen LogP contribution in [-0.4, -0.2) is 44.2 Å². The number of hydrogen-bond acceptors (Lipinski definition) is 8. The first kappa shape index (κ1) is 28.8. The molecule has 10 nitrogen and oxygen atoms in total. The van der Waals surface area contributed by atoms with Crippen molar-refractivity contribution in [1.29, 1.82) is 0 Å². The minimum atomic E-state index is -5.01. The van der Waals surface area contributed by atoms with Crippen LogP contribution < -0.4 is 20.7 Å². The Hall–Kier alpha value is -3.78. The summed E-state index contributed by atoms with van der Waals surface area (Å²) in [6.45, 7) is 4.06. The van der Waals surface area contributed by atoms with Crippen molar-refractivity contribution in [2.75, 3.05) is 13.2 Å². The average molecular weight is 561 g/mol. The molecule has 3 aromatic heterocycles. The molecule has 15 heteroatoms. The lowest BCUT2D eigenvalue weighted by Gasteiger charge is -2.17. The van der Waals surface area contributed by atoms with E-state index >= 15 is 0 Å². The van der Waals surface area contributed by atoms with E-state index in [2.05, 4.69) is 9.97 Å². The van der Waals surface area contributed by atoms with Crippen molar-refractivity contribution in [3.05, 3.63) is 67.8 Å². The molecule has 3 rings (SSSR count). The van der Waals surface area contributed by atoms with Crippen molar-refractivity contribution < 1.29 is 36.6 Å². The summed E-state index contributed by atoms with van der Waals surface area (Å²) in [5.41, 5.74) is -4.44. The van der Waals surface area contributed by atoms with Crippen molar-refractivity contribution in [3.63, 3.8) is 0 Å².